The largest absolute Gasteiger partial charge is 0.379 e. The minimum absolute atomic E-state index is 0.0546. The van der Waals surface area contributed by atoms with Gasteiger partial charge in [-0.05, 0) is 56.3 Å². The number of hydrogen-bond donors (Lipinski definition) is 1. The number of amides is 3. The highest BCUT2D eigenvalue weighted by Crippen LogP contribution is 2.54. The second-order valence-electron chi connectivity index (χ2n) is 15.6. The Morgan fingerprint density at radius 2 is 1.58 bits per heavy atom. The standard InChI is InChI=1S/C35H54N4O5S/c1-24(44-18-26-12-8-5-9-13-26)29(19-43-17-25-10-6-4-7-11-25)37-31(40)28-16-38(33(42)30-15-36-23-45-30)20-35(28)21-39(22-35)32(41)27-14-34(27,2)3/h15,23-29H,4-14,16-22H2,1-3H3,(H,37,40)/t24-,27-,28+,29-/m1/s1. The predicted octanol–water partition coefficient (Wildman–Crippen LogP) is 5.16. The van der Waals surface area contributed by atoms with Crippen molar-refractivity contribution in [1.82, 2.24) is 20.1 Å². The molecular formula is C35H54N4O5S. The maximum absolute atomic E-state index is 14.2. The second-order valence-corrected chi connectivity index (χ2v) is 16.5. The zero-order valence-corrected chi connectivity index (χ0v) is 28.5. The molecule has 4 atom stereocenters. The van der Waals surface area contributed by atoms with E-state index in [-0.39, 0.29) is 41.2 Å². The fourth-order valence-corrected chi connectivity index (χ4v) is 8.90. The van der Waals surface area contributed by atoms with Gasteiger partial charge in [0.25, 0.3) is 5.91 Å². The molecule has 0 unspecified atom stereocenters. The smallest absolute Gasteiger partial charge is 0.265 e. The molecule has 5 aliphatic rings. The number of aromatic nitrogens is 1. The van der Waals surface area contributed by atoms with E-state index in [9.17, 15) is 14.4 Å². The molecule has 0 bridgehead atoms. The van der Waals surface area contributed by atoms with Gasteiger partial charge in [-0.3, -0.25) is 19.4 Å². The number of nitrogens with zero attached hydrogens (tertiary/aromatic N) is 3. The van der Waals surface area contributed by atoms with E-state index in [1.165, 1.54) is 75.5 Å². The number of nitrogens with one attached hydrogen (secondary N) is 1. The molecule has 1 aromatic rings. The number of rotatable bonds is 12. The lowest BCUT2D eigenvalue weighted by Gasteiger charge is -2.50. The van der Waals surface area contributed by atoms with Crippen LogP contribution in [0.5, 0.6) is 0 Å². The molecule has 45 heavy (non-hydrogen) atoms. The van der Waals surface area contributed by atoms with Crippen molar-refractivity contribution in [2.24, 2.45) is 34.5 Å². The van der Waals surface area contributed by atoms with E-state index in [1.54, 1.807) is 16.6 Å². The summed E-state index contributed by atoms with van der Waals surface area (Å²) in [6.45, 7) is 10.0. The van der Waals surface area contributed by atoms with Gasteiger partial charge in [0.2, 0.25) is 11.8 Å². The highest BCUT2D eigenvalue weighted by atomic mass is 32.1. The minimum Gasteiger partial charge on any atom is -0.379 e. The zero-order valence-electron chi connectivity index (χ0n) is 27.6. The van der Waals surface area contributed by atoms with Gasteiger partial charge in [-0.25, -0.2) is 0 Å². The summed E-state index contributed by atoms with van der Waals surface area (Å²) in [5.41, 5.74) is 1.27. The first-order chi connectivity index (χ1) is 21.6. The number of thiazole rings is 1. The van der Waals surface area contributed by atoms with Crippen molar-refractivity contribution in [3.63, 3.8) is 0 Å². The lowest BCUT2D eigenvalue weighted by atomic mass is 9.70. The maximum Gasteiger partial charge on any atom is 0.265 e. The lowest BCUT2D eigenvalue weighted by molar-refractivity contribution is -0.152. The van der Waals surface area contributed by atoms with Gasteiger partial charge < -0.3 is 24.6 Å². The number of ether oxygens (including phenoxy) is 2. The van der Waals surface area contributed by atoms with Crippen molar-refractivity contribution in [1.29, 1.82) is 0 Å². The van der Waals surface area contributed by atoms with E-state index < -0.39 is 11.3 Å². The van der Waals surface area contributed by atoms with Crippen LogP contribution in [0.2, 0.25) is 0 Å². The summed E-state index contributed by atoms with van der Waals surface area (Å²) in [4.78, 5) is 49.3. The Balaban J connectivity index is 1.13. The number of hydrogen-bond acceptors (Lipinski definition) is 7. The van der Waals surface area contributed by atoms with Crippen molar-refractivity contribution in [3.05, 3.63) is 16.6 Å². The summed E-state index contributed by atoms with van der Waals surface area (Å²) in [5.74, 6) is 0.872. The van der Waals surface area contributed by atoms with Crippen molar-refractivity contribution < 1.29 is 23.9 Å². The molecule has 0 aromatic carbocycles. The average molecular weight is 643 g/mol. The molecule has 5 fully saturated rings. The second kappa shape index (κ2) is 14.0. The van der Waals surface area contributed by atoms with E-state index in [0.717, 1.165) is 19.6 Å². The van der Waals surface area contributed by atoms with Gasteiger partial charge in [0.1, 0.15) is 4.88 Å². The third kappa shape index (κ3) is 7.59. The number of carbonyl (C=O) groups excluding carboxylic acids is 3. The van der Waals surface area contributed by atoms with Crippen LogP contribution in [-0.4, -0.2) is 90.7 Å². The normalized spacial score (nSPS) is 27.6. The van der Waals surface area contributed by atoms with Gasteiger partial charge in [-0.2, -0.15) is 0 Å². The molecule has 2 saturated heterocycles. The Bertz CT molecular complexity index is 1170. The van der Waals surface area contributed by atoms with Crippen LogP contribution < -0.4 is 5.32 Å². The molecule has 9 nitrogen and oxygen atoms in total. The molecule has 1 spiro atoms. The van der Waals surface area contributed by atoms with Crippen LogP contribution in [0, 0.1) is 34.5 Å². The van der Waals surface area contributed by atoms with E-state index in [2.05, 4.69) is 31.1 Å². The molecule has 1 aromatic heterocycles. The van der Waals surface area contributed by atoms with Crippen molar-refractivity contribution in [2.45, 2.75) is 104 Å². The molecular weight excluding hydrogens is 588 g/mol. The Morgan fingerprint density at radius 1 is 0.956 bits per heavy atom. The molecule has 1 N–H and O–H groups in total. The Labute approximate surface area is 273 Å². The van der Waals surface area contributed by atoms with Crippen molar-refractivity contribution in [3.8, 4) is 0 Å². The van der Waals surface area contributed by atoms with Crippen LogP contribution in [0.25, 0.3) is 0 Å². The zero-order chi connectivity index (χ0) is 31.6. The molecule has 3 aliphatic carbocycles. The van der Waals surface area contributed by atoms with Crippen LogP contribution in [0.15, 0.2) is 11.7 Å². The van der Waals surface area contributed by atoms with Crippen LogP contribution in [0.3, 0.4) is 0 Å². The van der Waals surface area contributed by atoms with Gasteiger partial charge in [0.15, 0.2) is 0 Å². The van der Waals surface area contributed by atoms with Crippen molar-refractivity contribution >= 4 is 29.1 Å². The quantitative estimate of drug-likeness (QED) is 0.338. The molecule has 0 radical (unpaired) electrons. The first-order valence-corrected chi connectivity index (χ1v) is 18.5. The van der Waals surface area contributed by atoms with E-state index in [4.69, 9.17) is 9.47 Å². The van der Waals surface area contributed by atoms with Gasteiger partial charge in [0, 0.05) is 50.7 Å². The number of likely N-dealkylation sites (tertiary alicyclic amines) is 2. The topological polar surface area (TPSA) is 101 Å². The van der Waals surface area contributed by atoms with Crippen LogP contribution in [-0.2, 0) is 19.1 Å². The molecule has 250 valence electrons. The van der Waals surface area contributed by atoms with Gasteiger partial charge >= 0.3 is 0 Å². The maximum atomic E-state index is 14.2. The molecule has 2 aliphatic heterocycles. The van der Waals surface area contributed by atoms with Gasteiger partial charge in [-0.15, -0.1) is 11.3 Å². The van der Waals surface area contributed by atoms with E-state index >= 15 is 0 Å². The summed E-state index contributed by atoms with van der Waals surface area (Å²) < 4.78 is 12.7. The first-order valence-electron chi connectivity index (χ1n) is 17.6. The third-order valence-electron chi connectivity index (χ3n) is 11.6. The average Bonchev–Trinajstić information content (AvgIpc) is 3.40. The molecule has 3 amide bonds. The summed E-state index contributed by atoms with van der Waals surface area (Å²) in [6.07, 6.45) is 14.9. The fourth-order valence-electron chi connectivity index (χ4n) is 8.31. The monoisotopic (exact) mass is 642 g/mol. The first kappa shape index (κ1) is 32.9. The molecule has 3 heterocycles. The summed E-state index contributed by atoms with van der Waals surface area (Å²) in [7, 11) is 0. The van der Waals surface area contributed by atoms with Gasteiger partial charge in [-0.1, -0.05) is 52.4 Å². The van der Waals surface area contributed by atoms with Crippen LogP contribution in [0.1, 0.15) is 101 Å². The Hall–Kier alpha value is -2.04. The molecule has 10 heteroatoms. The fraction of sp³-hybridized carbons (Fsp3) is 0.829. The molecule has 3 saturated carbocycles. The van der Waals surface area contributed by atoms with E-state index in [0.29, 0.717) is 49.5 Å². The minimum atomic E-state index is -0.446. The Kier molecular flexibility index (Phi) is 10.2. The van der Waals surface area contributed by atoms with E-state index in [1.807, 2.05) is 4.90 Å². The predicted molar refractivity (Wildman–Crippen MR) is 174 cm³/mol. The van der Waals surface area contributed by atoms with Crippen molar-refractivity contribution in [2.75, 3.05) is 46.0 Å². The Morgan fingerprint density at radius 3 is 2.18 bits per heavy atom. The van der Waals surface area contributed by atoms with Crippen LogP contribution in [0.4, 0.5) is 0 Å². The summed E-state index contributed by atoms with van der Waals surface area (Å²) in [6, 6.07) is -0.280. The van der Waals surface area contributed by atoms with Gasteiger partial charge in [0.05, 0.1) is 36.4 Å². The summed E-state index contributed by atoms with van der Waals surface area (Å²) >= 11 is 1.32. The SMILES string of the molecule is C[C@@H](OCC1CCCCC1)[C@@H](COCC1CCCCC1)NC(=O)[C@@H]1CN(C(=O)c2cncs2)CC12CN(C(=O)[C@H]1CC1(C)C)C2. The van der Waals surface area contributed by atoms with Crippen LogP contribution >= 0.6 is 11.3 Å². The third-order valence-corrected chi connectivity index (χ3v) is 12.4. The summed E-state index contributed by atoms with van der Waals surface area (Å²) in [5, 5.41) is 3.35. The highest BCUT2D eigenvalue weighted by Gasteiger charge is 2.62. The lowest BCUT2D eigenvalue weighted by Crippen LogP contribution is -2.65. The molecule has 6 rings (SSSR count). The highest BCUT2D eigenvalue weighted by molar-refractivity contribution is 7.11. The number of carbonyl (C=O) groups is 3.